The van der Waals surface area contributed by atoms with Crippen LogP contribution in [-0.2, 0) is 6.54 Å². The highest BCUT2D eigenvalue weighted by Gasteiger charge is 2.20. The van der Waals surface area contributed by atoms with Crippen molar-refractivity contribution in [2.75, 3.05) is 0 Å². The van der Waals surface area contributed by atoms with Gasteiger partial charge in [-0.25, -0.2) is 4.68 Å². The number of aryl methyl sites for hydroxylation is 1. The maximum atomic E-state index is 6.30. The minimum Gasteiger partial charge on any atom is -0.308 e. The number of halogens is 1. The molecule has 1 aromatic heterocycles. The molecule has 1 saturated carbocycles. The Bertz CT molecular complexity index is 558. The van der Waals surface area contributed by atoms with Gasteiger partial charge in [-0.1, -0.05) is 23.7 Å². The topological polar surface area (TPSA) is 29.9 Å². The van der Waals surface area contributed by atoms with E-state index in [1.807, 2.05) is 42.1 Å². The van der Waals surface area contributed by atoms with Crippen molar-refractivity contribution >= 4 is 11.6 Å². The molecule has 0 saturated heterocycles. The number of aromatic nitrogens is 2. The van der Waals surface area contributed by atoms with E-state index in [0.717, 1.165) is 28.5 Å². The zero-order chi connectivity index (χ0) is 12.5. The third-order valence-electron chi connectivity index (χ3n) is 3.21. The van der Waals surface area contributed by atoms with Gasteiger partial charge in [0.25, 0.3) is 0 Å². The van der Waals surface area contributed by atoms with E-state index in [1.165, 1.54) is 12.8 Å². The molecular formula is C14H16ClN3. The summed E-state index contributed by atoms with van der Waals surface area (Å²) in [7, 11) is 0. The van der Waals surface area contributed by atoms with E-state index >= 15 is 0 Å². The molecule has 18 heavy (non-hydrogen) atoms. The molecule has 0 spiro atoms. The number of nitrogens with one attached hydrogen (secondary N) is 1. The smallest absolute Gasteiger partial charge is 0.0834 e. The summed E-state index contributed by atoms with van der Waals surface area (Å²) in [5, 5.41) is 8.77. The van der Waals surface area contributed by atoms with Crippen molar-refractivity contribution in [1.29, 1.82) is 0 Å². The summed E-state index contributed by atoms with van der Waals surface area (Å²) in [5.74, 6) is 0. The lowest BCUT2D eigenvalue weighted by Gasteiger charge is -2.06. The highest BCUT2D eigenvalue weighted by molar-refractivity contribution is 6.33. The third-order valence-corrected chi connectivity index (χ3v) is 3.70. The van der Waals surface area contributed by atoms with E-state index in [-0.39, 0.29) is 0 Å². The first-order valence-electron chi connectivity index (χ1n) is 6.27. The summed E-state index contributed by atoms with van der Waals surface area (Å²) in [6, 6.07) is 8.73. The molecule has 4 heteroatoms. The molecule has 0 amide bonds. The van der Waals surface area contributed by atoms with Crippen LogP contribution in [0, 0.1) is 6.92 Å². The van der Waals surface area contributed by atoms with Crippen LogP contribution in [0.3, 0.4) is 0 Å². The second kappa shape index (κ2) is 4.75. The Labute approximate surface area is 112 Å². The predicted octanol–water partition coefficient (Wildman–Crippen LogP) is 3.09. The van der Waals surface area contributed by atoms with Crippen LogP contribution in [0.2, 0.25) is 5.02 Å². The zero-order valence-electron chi connectivity index (χ0n) is 10.4. The van der Waals surface area contributed by atoms with Crippen LogP contribution in [-0.4, -0.2) is 15.8 Å². The maximum absolute atomic E-state index is 6.30. The van der Waals surface area contributed by atoms with Gasteiger partial charge in [0.15, 0.2) is 0 Å². The second-order valence-corrected chi connectivity index (χ2v) is 5.19. The highest BCUT2D eigenvalue weighted by atomic mass is 35.5. The zero-order valence-corrected chi connectivity index (χ0v) is 11.1. The number of hydrogen-bond acceptors (Lipinski definition) is 2. The van der Waals surface area contributed by atoms with Crippen molar-refractivity contribution in [3.8, 4) is 5.69 Å². The average molecular weight is 262 g/mol. The van der Waals surface area contributed by atoms with Gasteiger partial charge in [-0.15, -0.1) is 0 Å². The average Bonchev–Trinajstić information content (AvgIpc) is 3.08. The van der Waals surface area contributed by atoms with Crippen molar-refractivity contribution < 1.29 is 0 Å². The van der Waals surface area contributed by atoms with Gasteiger partial charge >= 0.3 is 0 Å². The molecular weight excluding hydrogens is 246 g/mol. The Morgan fingerprint density at radius 1 is 1.39 bits per heavy atom. The van der Waals surface area contributed by atoms with Gasteiger partial charge in [-0.3, -0.25) is 0 Å². The molecule has 0 atom stereocenters. The van der Waals surface area contributed by atoms with Gasteiger partial charge in [0.05, 0.1) is 16.4 Å². The van der Waals surface area contributed by atoms with Crippen molar-refractivity contribution in [3.05, 3.63) is 46.7 Å². The molecule has 1 fully saturated rings. The first kappa shape index (κ1) is 11.8. The molecule has 0 bridgehead atoms. The number of benzene rings is 1. The molecule has 0 radical (unpaired) electrons. The van der Waals surface area contributed by atoms with E-state index in [1.54, 1.807) is 0 Å². The van der Waals surface area contributed by atoms with Gasteiger partial charge in [0, 0.05) is 18.8 Å². The lowest BCUT2D eigenvalue weighted by atomic mass is 10.2. The quantitative estimate of drug-likeness (QED) is 0.917. The summed E-state index contributed by atoms with van der Waals surface area (Å²) in [4.78, 5) is 0. The van der Waals surface area contributed by atoms with Crippen LogP contribution in [0.15, 0.2) is 30.5 Å². The monoisotopic (exact) mass is 261 g/mol. The summed E-state index contributed by atoms with van der Waals surface area (Å²) < 4.78 is 1.85. The Kier molecular flexibility index (Phi) is 3.10. The maximum Gasteiger partial charge on any atom is 0.0834 e. The van der Waals surface area contributed by atoms with Crippen molar-refractivity contribution in [2.45, 2.75) is 32.4 Å². The van der Waals surface area contributed by atoms with Crippen LogP contribution < -0.4 is 5.32 Å². The predicted molar refractivity (Wildman–Crippen MR) is 73.2 cm³/mol. The molecule has 1 aliphatic carbocycles. The Morgan fingerprint density at radius 3 is 3.00 bits per heavy atom. The largest absolute Gasteiger partial charge is 0.308 e. The normalized spacial score (nSPS) is 15.0. The van der Waals surface area contributed by atoms with Gasteiger partial charge in [-0.2, -0.15) is 5.10 Å². The highest BCUT2D eigenvalue weighted by Crippen LogP contribution is 2.24. The number of rotatable bonds is 4. The summed E-state index contributed by atoms with van der Waals surface area (Å²) >= 11 is 6.30. The molecule has 2 aromatic rings. The van der Waals surface area contributed by atoms with Crippen LogP contribution in [0.25, 0.3) is 5.69 Å². The van der Waals surface area contributed by atoms with Crippen LogP contribution >= 0.6 is 11.6 Å². The first-order valence-corrected chi connectivity index (χ1v) is 6.65. The fourth-order valence-electron chi connectivity index (χ4n) is 1.94. The van der Waals surface area contributed by atoms with E-state index in [9.17, 15) is 0 Å². The molecule has 0 unspecified atom stereocenters. The molecule has 1 aliphatic rings. The lowest BCUT2D eigenvalue weighted by molar-refractivity contribution is 0.665. The molecule has 1 N–H and O–H groups in total. The van der Waals surface area contributed by atoms with Gasteiger partial charge in [0.1, 0.15) is 0 Å². The van der Waals surface area contributed by atoms with Crippen molar-refractivity contribution in [2.24, 2.45) is 0 Å². The van der Waals surface area contributed by atoms with E-state index < -0.39 is 0 Å². The lowest BCUT2D eigenvalue weighted by Crippen LogP contribution is -2.15. The fraction of sp³-hybridized carbons (Fsp3) is 0.357. The number of hydrogen-bond donors (Lipinski definition) is 1. The molecule has 3 rings (SSSR count). The van der Waals surface area contributed by atoms with E-state index in [0.29, 0.717) is 6.04 Å². The van der Waals surface area contributed by atoms with Gasteiger partial charge < -0.3 is 5.32 Å². The summed E-state index contributed by atoms with van der Waals surface area (Å²) in [6.45, 7) is 2.84. The minimum absolute atomic E-state index is 0.706. The Morgan fingerprint density at radius 2 is 2.22 bits per heavy atom. The fourth-order valence-corrected chi connectivity index (χ4v) is 2.15. The molecule has 1 heterocycles. The van der Waals surface area contributed by atoms with Gasteiger partial charge in [0.2, 0.25) is 0 Å². The Balaban J connectivity index is 1.80. The molecule has 3 nitrogen and oxygen atoms in total. The third kappa shape index (κ3) is 2.42. The van der Waals surface area contributed by atoms with Crippen LogP contribution in [0.1, 0.15) is 24.1 Å². The molecule has 0 aliphatic heterocycles. The standard InChI is InChI=1S/C14H16ClN3/c1-10-3-2-4-13(14(10)15)18-8-7-12(17-18)9-16-11-5-6-11/h2-4,7-8,11,16H,5-6,9H2,1H3. The Hall–Kier alpha value is -1.32. The summed E-state index contributed by atoms with van der Waals surface area (Å²) in [6.07, 6.45) is 4.55. The van der Waals surface area contributed by atoms with Crippen LogP contribution in [0.5, 0.6) is 0 Å². The molecule has 94 valence electrons. The van der Waals surface area contributed by atoms with Gasteiger partial charge in [-0.05, 0) is 37.5 Å². The first-order chi connectivity index (χ1) is 8.74. The van der Waals surface area contributed by atoms with Crippen molar-refractivity contribution in [3.63, 3.8) is 0 Å². The number of nitrogens with zero attached hydrogens (tertiary/aromatic N) is 2. The van der Waals surface area contributed by atoms with Crippen LogP contribution in [0.4, 0.5) is 0 Å². The second-order valence-electron chi connectivity index (χ2n) is 4.81. The minimum atomic E-state index is 0.706. The molecule has 1 aromatic carbocycles. The van der Waals surface area contributed by atoms with E-state index in [4.69, 9.17) is 11.6 Å². The summed E-state index contributed by atoms with van der Waals surface area (Å²) in [5.41, 5.74) is 3.07. The van der Waals surface area contributed by atoms with E-state index in [2.05, 4.69) is 10.4 Å². The SMILES string of the molecule is Cc1cccc(-n2ccc(CNC3CC3)n2)c1Cl. The van der Waals surface area contributed by atoms with Crippen molar-refractivity contribution in [1.82, 2.24) is 15.1 Å².